The summed E-state index contributed by atoms with van der Waals surface area (Å²) in [6, 6.07) is 9.76. The quantitative estimate of drug-likeness (QED) is 0.538. The number of halogens is 1. The highest BCUT2D eigenvalue weighted by atomic mass is 35.5. The predicted octanol–water partition coefficient (Wildman–Crippen LogP) is 5.09. The summed E-state index contributed by atoms with van der Waals surface area (Å²) < 4.78 is 0. The summed E-state index contributed by atoms with van der Waals surface area (Å²) in [5, 5.41) is 2.82. The number of aromatic amines is 1. The molecule has 0 unspecified atom stereocenters. The van der Waals surface area contributed by atoms with Crippen molar-refractivity contribution in [3.63, 3.8) is 0 Å². The molecule has 0 bridgehead atoms. The highest BCUT2D eigenvalue weighted by Crippen LogP contribution is 2.29. The molecular formula is C16H16ClN3S. The van der Waals surface area contributed by atoms with Crippen molar-refractivity contribution < 1.29 is 0 Å². The molecule has 0 spiro atoms. The van der Waals surface area contributed by atoms with Gasteiger partial charge in [0.05, 0.1) is 5.39 Å². The Bertz CT molecular complexity index is 782. The van der Waals surface area contributed by atoms with Gasteiger partial charge in [-0.25, -0.2) is 9.97 Å². The Hall–Kier alpha value is -1.52. The number of nitrogens with one attached hydrogen (secondary N) is 1. The number of thioether (sulfide) groups is 1. The fourth-order valence-corrected chi connectivity index (χ4v) is 3.23. The van der Waals surface area contributed by atoms with E-state index >= 15 is 0 Å². The Kier molecular flexibility index (Phi) is 4.17. The average Bonchev–Trinajstić information content (AvgIpc) is 2.85. The second kappa shape index (κ2) is 6.08. The van der Waals surface area contributed by atoms with Crippen molar-refractivity contribution in [2.24, 2.45) is 0 Å². The van der Waals surface area contributed by atoms with Gasteiger partial charge < -0.3 is 4.98 Å². The lowest BCUT2D eigenvalue weighted by Gasteiger charge is -2.06. The van der Waals surface area contributed by atoms with Crippen molar-refractivity contribution in [1.29, 1.82) is 0 Å². The summed E-state index contributed by atoms with van der Waals surface area (Å²) >= 11 is 7.84. The summed E-state index contributed by atoms with van der Waals surface area (Å²) in [5.41, 5.74) is 2.92. The van der Waals surface area contributed by atoms with Gasteiger partial charge in [0.25, 0.3) is 0 Å². The maximum Gasteiger partial charge on any atom is 0.162 e. The van der Waals surface area contributed by atoms with E-state index in [1.54, 1.807) is 11.8 Å². The molecule has 21 heavy (non-hydrogen) atoms. The summed E-state index contributed by atoms with van der Waals surface area (Å²) in [4.78, 5) is 12.7. The van der Waals surface area contributed by atoms with Gasteiger partial charge in [0.1, 0.15) is 10.7 Å². The van der Waals surface area contributed by atoms with Crippen LogP contribution in [0.25, 0.3) is 22.4 Å². The van der Waals surface area contributed by atoms with Crippen LogP contribution < -0.4 is 0 Å². The van der Waals surface area contributed by atoms with Gasteiger partial charge in [0.15, 0.2) is 5.82 Å². The van der Waals surface area contributed by atoms with Gasteiger partial charge in [0.2, 0.25) is 0 Å². The minimum absolute atomic E-state index is 0.696. The molecule has 0 radical (unpaired) electrons. The van der Waals surface area contributed by atoms with Gasteiger partial charge in [0, 0.05) is 16.3 Å². The van der Waals surface area contributed by atoms with Crippen molar-refractivity contribution >= 4 is 34.4 Å². The number of aryl methyl sites for hydroxylation is 1. The van der Waals surface area contributed by atoms with Crippen LogP contribution in [0.1, 0.15) is 19.0 Å². The second-order valence-corrected chi connectivity index (χ2v) is 6.45. The summed E-state index contributed by atoms with van der Waals surface area (Å²) in [6.45, 7) is 4.21. The van der Waals surface area contributed by atoms with Gasteiger partial charge in [-0.3, -0.25) is 0 Å². The summed E-state index contributed by atoms with van der Waals surface area (Å²) in [5.74, 6) is 1.76. The first-order chi connectivity index (χ1) is 10.2. The first-order valence-electron chi connectivity index (χ1n) is 6.93. The number of nitrogens with zero attached hydrogens (tertiary/aromatic N) is 2. The zero-order valence-corrected chi connectivity index (χ0v) is 13.6. The summed E-state index contributed by atoms with van der Waals surface area (Å²) in [6.07, 6.45) is 1.12. The van der Waals surface area contributed by atoms with Gasteiger partial charge in [-0.1, -0.05) is 30.7 Å². The van der Waals surface area contributed by atoms with Crippen molar-refractivity contribution in [2.75, 3.05) is 5.75 Å². The van der Waals surface area contributed by atoms with E-state index in [0.717, 1.165) is 39.5 Å². The van der Waals surface area contributed by atoms with Crippen LogP contribution in [-0.4, -0.2) is 20.7 Å². The normalized spacial score (nSPS) is 11.2. The number of rotatable bonds is 4. The molecule has 2 heterocycles. The molecule has 3 nitrogen and oxygen atoms in total. The molecule has 2 aromatic heterocycles. The first kappa shape index (κ1) is 14.4. The Morgan fingerprint density at radius 3 is 2.86 bits per heavy atom. The molecule has 1 N–H and O–H groups in total. The number of aromatic nitrogens is 3. The largest absolute Gasteiger partial charge is 0.343 e. The summed E-state index contributed by atoms with van der Waals surface area (Å²) in [7, 11) is 0. The SMILES string of the molecule is CCCSc1nc(-c2cccc(Cl)c2)nc2[nH]c(C)cc12. The number of hydrogen-bond acceptors (Lipinski definition) is 3. The second-order valence-electron chi connectivity index (χ2n) is 4.93. The van der Waals surface area contributed by atoms with E-state index in [1.165, 1.54) is 0 Å². The molecule has 3 rings (SSSR count). The Balaban J connectivity index is 2.15. The molecule has 0 aliphatic heterocycles. The van der Waals surface area contributed by atoms with Crippen molar-refractivity contribution in [2.45, 2.75) is 25.3 Å². The van der Waals surface area contributed by atoms with E-state index in [2.05, 4.69) is 23.0 Å². The average molecular weight is 318 g/mol. The molecule has 3 aromatic rings. The van der Waals surface area contributed by atoms with E-state index < -0.39 is 0 Å². The molecule has 0 aliphatic rings. The first-order valence-corrected chi connectivity index (χ1v) is 8.30. The maximum absolute atomic E-state index is 6.07. The van der Waals surface area contributed by atoms with Gasteiger partial charge >= 0.3 is 0 Å². The number of fused-ring (bicyclic) bond motifs is 1. The van der Waals surface area contributed by atoms with Crippen molar-refractivity contribution in [3.8, 4) is 11.4 Å². The maximum atomic E-state index is 6.07. The van der Waals surface area contributed by atoms with Crippen molar-refractivity contribution in [3.05, 3.63) is 41.0 Å². The molecule has 0 atom stereocenters. The fourth-order valence-electron chi connectivity index (χ4n) is 2.18. The molecule has 108 valence electrons. The third-order valence-electron chi connectivity index (χ3n) is 3.11. The Labute approximate surface area is 133 Å². The molecular weight excluding hydrogens is 302 g/mol. The monoisotopic (exact) mass is 317 g/mol. The molecule has 0 saturated heterocycles. The highest BCUT2D eigenvalue weighted by Gasteiger charge is 2.12. The smallest absolute Gasteiger partial charge is 0.162 e. The van der Waals surface area contributed by atoms with E-state index in [-0.39, 0.29) is 0 Å². The zero-order valence-electron chi connectivity index (χ0n) is 12.0. The minimum atomic E-state index is 0.696. The van der Waals surface area contributed by atoms with E-state index in [0.29, 0.717) is 10.8 Å². The Morgan fingerprint density at radius 1 is 1.24 bits per heavy atom. The van der Waals surface area contributed by atoms with E-state index in [4.69, 9.17) is 16.6 Å². The third-order valence-corrected chi connectivity index (χ3v) is 4.54. The topological polar surface area (TPSA) is 41.6 Å². The predicted molar refractivity (Wildman–Crippen MR) is 90.1 cm³/mol. The van der Waals surface area contributed by atoms with Crippen molar-refractivity contribution in [1.82, 2.24) is 15.0 Å². The van der Waals surface area contributed by atoms with Gasteiger partial charge in [-0.2, -0.15) is 0 Å². The highest BCUT2D eigenvalue weighted by molar-refractivity contribution is 7.99. The van der Waals surface area contributed by atoms with Crippen LogP contribution >= 0.6 is 23.4 Å². The fraction of sp³-hybridized carbons (Fsp3) is 0.250. The van der Waals surface area contributed by atoms with Crippen LogP contribution in [0.2, 0.25) is 5.02 Å². The molecule has 1 aromatic carbocycles. The molecule has 0 amide bonds. The lowest BCUT2D eigenvalue weighted by atomic mass is 10.2. The third kappa shape index (κ3) is 3.06. The lowest BCUT2D eigenvalue weighted by molar-refractivity contribution is 1.07. The molecule has 0 saturated carbocycles. The van der Waals surface area contributed by atoms with Crippen LogP contribution in [0, 0.1) is 6.92 Å². The van der Waals surface area contributed by atoms with Gasteiger partial charge in [-0.05, 0) is 37.3 Å². The zero-order chi connectivity index (χ0) is 14.8. The van der Waals surface area contributed by atoms with E-state index in [9.17, 15) is 0 Å². The number of benzene rings is 1. The standard InChI is InChI=1S/C16H16ClN3S/c1-3-7-21-16-13-8-10(2)18-15(13)19-14(20-16)11-5-4-6-12(17)9-11/h4-6,8-9H,3,7H2,1-2H3,(H,18,19,20). The van der Waals surface area contributed by atoms with Crippen LogP contribution in [0.15, 0.2) is 35.4 Å². The van der Waals surface area contributed by atoms with Crippen LogP contribution in [0.3, 0.4) is 0 Å². The van der Waals surface area contributed by atoms with Crippen LogP contribution in [0.4, 0.5) is 0 Å². The number of hydrogen-bond donors (Lipinski definition) is 1. The van der Waals surface area contributed by atoms with Crippen LogP contribution in [-0.2, 0) is 0 Å². The molecule has 0 aliphatic carbocycles. The molecule has 5 heteroatoms. The minimum Gasteiger partial charge on any atom is -0.343 e. The Morgan fingerprint density at radius 2 is 2.10 bits per heavy atom. The van der Waals surface area contributed by atoms with Crippen LogP contribution in [0.5, 0.6) is 0 Å². The lowest BCUT2D eigenvalue weighted by Crippen LogP contribution is -1.93. The van der Waals surface area contributed by atoms with Gasteiger partial charge in [-0.15, -0.1) is 11.8 Å². The molecule has 0 fully saturated rings. The number of H-pyrrole nitrogens is 1. The van der Waals surface area contributed by atoms with E-state index in [1.807, 2.05) is 31.2 Å².